The smallest absolute Gasteiger partial charge is 0.318 e. The van der Waals surface area contributed by atoms with E-state index >= 15 is 0 Å². The maximum Gasteiger partial charge on any atom is 0.318 e. The molecule has 2 fully saturated rings. The lowest BCUT2D eigenvalue weighted by atomic mass is 9.88. The highest BCUT2D eigenvalue weighted by Gasteiger charge is 2.53. The van der Waals surface area contributed by atoms with Gasteiger partial charge >= 0.3 is 6.03 Å². The summed E-state index contributed by atoms with van der Waals surface area (Å²) in [6, 6.07) is 11.3. The van der Waals surface area contributed by atoms with Gasteiger partial charge in [0.1, 0.15) is 5.82 Å². The van der Waals surface area contributed by atoms with Crippen molar-refractivity contribution in [2.24, 2.45) is 5.41 Å². The second-order valence-corrected chi connectivity index (χ2v) is 8.08. The molecule has 4 rings (SSSR count). The topological polar surface area (TPSA) is 57.3 Å². The molecule has 2 N–H and O–H groups in total. The van der Waals surface area contributed by atoms with Crippen LogP contribution in [0, 0.1) is 18.2 Å². The molecule has 1 aromatic heterocycles. The van der Waals surface area contributed by atoms with Crippen LogP contribution in [0.25, 0.3) is 0 Å². The number of amides is 2. The maximum atomic E-state index is 13.2. The van der Waals surface area contributed by atoms with Gasteiger partial charge < -0.3 is 15.5 Å². The standard InChI is InChI=1S/C22H27FN4O/c1-16-2-4-17(5-3-16)12-26-21(28)27(14-19-7-6-18(23)13-25-19)20-8-11-24-15-22(20)9-10-22/h2-7,13,20,24H,8-12,14-15H2,1H3,(H,26,28). The molecule has 2 aliphatic rings. The summed E-state index contributed by atoms with van der Waals surface area (Å²) in [5.74, 6) is -0.361. The summed E-state index contributed by atoms with van der Waals surface area (Å²) in [5.41, 5.74) is 3.16. The van der Waals surface area contributed by atoms with Gasteiger partial charge in [-0.3, -0.25) is 4.98 Å². The van der Waals surface area contributed by atoms with Crippen molar-refractivity contribution in [1.29, 1.82) is 0 Å². The summed E-state index contributed by atoms with van der Waals surface area (Å²) >= 11 is 0. The lowest BCUT2D eigenvalue weighted by Crippen LogP contribution is -2.55. The molecule has 1 atom stereocenters. The number of benzene rings is 1. The number of carbonyl (C=O) groups excluding carboxylic acids is 1. The Morgan fingerprint density at radius 2 is 2.07 bits per heavy atom. The number of pyridine rings is 1. The van der Waals surface area contributed by atoms with Gasteiger partial charge in [0, 0.05) is 24.5 Å². The number of hydrogen-bond donors (Lipinski definition) is 2. The molecule has 1 spiro atoms. The van der Waals surface area contributed by atoms with E-state index in [0.717, 1.165) is 37.9 Å². The van der Waals surface area contributed by atoms with Crippen molar-refractivity contribution in [3.63, 3.8) is 0 Å². The van der Waals surface area contributed by atoms with E-state index in [1.54, 1.807) is 6.07 Å². The van der Waals surface area contributed by atoms with Gasteiger partial charge in [0.2, 0.25) is 0 Å². The van der Waals surface area contributed by atoms with E-state index in [9.17, 15) is 9.18 Å². The van der Waals surface area contributed by atoms with Crippen LogP contribution in [0.1, 0.15) is 36.1 Å². The van der Waals surface area contributed by atoms with Crippen molar-refractivity contribution >= 4 is 6.03 Å². The van der Waals surface area contributed by atoms with Gasteiger partial charge in [-0.1, -0.05) is 29.8 Å². The lowest BCUT2D eigenvalue weighted by Gasteiger charge is -2.40. The molecule has 2 amide bonds. The Morgan fingerprint density at radius 1 is 1.29 bits per heavy atom. The molecule has 1 unspecified atom stereocenters. The summed E-state index contributed by atoms with van der Waals surface area (Å²) in [6.45, 7) is 4.80. The van der Waals surface area contributed by atoms with Crippen molar-refractivity contribution < 1.29 is 9.18 Å². The summed E-state index contributed by atoms with van der Waals surface area (Å²) in [5, 5.41) is 6.55. The van der Waals surface area contributed by atoms with Crippen LogP contribution in [-0.2, 0) is 13.1 Å². The van der Waals surface area contributed by atoms with Gasteiger partial charge in [-0.15, -0.1) is 0 Å². The van der Waals surface area contributed by atoms with Crippen molar-refractivity contribution in [3.8, 4) is 0 Å². The van der Waals surface area contributed by atoms with Crippen molar-refractivity contribution in [2.45, 2.75) is 45.3 Å². The van der Waals surface area contributed by atoms with E-state index in [1.807, 2.05) is 36.1 Å². The third-order valence-corrected chi connectivity index (χ3v) is 5.99. The summed E-state index contributed by atoms with van der Waals surface area (Å²) < 4.78 is 13.2. The largest absolute Gasteiger partial charge is 0.334 e. The number of hydrogen-bond acceptors (Lipinski definition) is 3. The van der Waals surface area contributed by atoms with Crippen molar-refractivity contribution in [1.82, 2.24) is 20.5 Å². The molecule has 28 heavy (non-hydrogen) atoms. The van der Waals surface area contributed by atoms with Crippen LogP contribution in [0.2, 0.25) is 0 Å². The van der Waals surface area contributed by atoms with Gasteiger partial charge in [0.25, 0.3) is 0 Å². The first kappa shape index (κ1) is 18.9. The number of nitrogens with one attached hydrogen (secondary N) is 2. The molecule has 2 aromatic rings. The Labute approximate surface area is 165 Å². The predicted octanol–water partition coefficient (Wildman–Crippen LogP) is 3.38. The molecule has 1 saturated heterocycles. The average molecular weight is 382 g/mol. The number of carbonyl (C=O) groups is 1. The molecular weight excluding hydrogens is 355 g/mol. The fraction of sp³-hybridized carbons (Fsp3) is 0.455. The Bertz CT molecular complexity index is 817. The molecule has 5 nitrogen and oxygen atoms in total. The highest BCUT2D eigenvalue weighted by molar-refractivity contribution is 5.74. The van der Waals surface area contributed by atoms with E-state index in [4.69, 9.17) is 0 Å². The molecule has 0 radical (unpaired) electrons. The normalized spacial score (nSPS) is 20.0. The first-order valence-corrected chi connectivity index (χ1v) is 9.97. The van der Waals surface area contributed by atoms with Gasteiger partial charge in [0.05, 0.1) is 18.4 Å². The van der Waals surface area contributed by atoms with E-state index in [-0.39, 0.29) is 23.3 Å². The number of halogens is 1. The minimum atomic E-state index is -0.361. The minimum absolute atomic E-state index is 0.0788. The van der Waals surface area contributed by atoms with E-state index in [1.165, 1.54) is 17.8 Å². The van der Waals surface area contributed by atoms with E-state index in [2.05, 4.69) is 15.6 Å². The van der Waals surface area contributed by atoms with Gasteiger partial charge in [0.15, 0.2) is 0 Å². The molecule has 148 valence electrons. The zero-order valence-corrected chi connectivity index (χ0v) is 16.2. The maximum absolute atomic E-state index is 13.2. The number of nitrogens with zero attached hydrogens (tertiary/aromatic N) is 2. The zero-order chi connectivity index (χ0) is 19.6. The summed E-state index contributed by atoms with van der Waals surface area (Å²) in [4.78, 5) is 19.3. The Hall–Kier alpha value is -2.47. The minimum Gasteiger partial charge on any atom is -0.334 e. The van der Waals surface area contributed by atoms with Gasteiger partial charge in [-0.05, 0) is 50.4 Å². The first-order chi connectivity index (χ1) is 13.6. The fourth-order valence-corrected chi connectivity index (χ4v) is 4.14. The van der Waals surface area contributed by atoms with Gasteiger partial charge in [-0.2, -0.15) is 0 Å². The van der Waals surface area contributed by atoms with Crippen LogP contribution < -0.4 is 10.6 Å². The molecule has 1 aromatic carbocycles. The number of rotatable bonds is 5. The van der Waals surface area contributed by atoms with E-state index < -0.39 is 0 Å². The third kappa shape index (κ3) is 4.17. The molecule has 1 saturated carbocycles. The second kappa shape index (κ2) is 7.87. The number of piperidine rings is 1. The molecule has 1 aliphatic carbocycles. The quantitative estimate of drug-likeness (QED) is 0.834. The van der Waals surface area contributed by atoms with Crippen LogP contribution in [0.3, 0.4) is 0 Å². The SMILES string of the molecule is Cc1ccc(CNC(=O)N(Cc2ccc(F)cn2)C2CCNCC23CC3)cc1. The number of aryl methyl sites for hydroxylation is 1. The van der Waals surface area contributed by atoms with Gasteiger partial charge in [-0.25, -0.2) is 9.18 Å². The zero-order valence-electron chi connectivity index (χ0n) is 16.2. The van der Waals surface area contributed by atoms with E-state index in [0.29, 0.717) is 18.8 Å². The molecule has 6 heteroatoms. The van der Waals surface area contributed by atoms with Crippen LogP contribution in [0.5, 0.6) is 0 Å². The fourth-order valence-electron chi connectivity index (χ4n) is 4.14. The van der Waals surface area contributed by atoms with Crippen LogP contribution in [0.15, 0.2) is 42.6 Å². The van der Waals surface area contributed by atoms with Crippen LogP contribution in [0.4, 0.5) is 9.18 Å². The third-order valence-electron chi connectivity index (χ3n) is 5.99. The van der Waals surface area contributed by atoms with Crippen molar-refractivity contribution in [3.05, 3.63) is 65.2 Å². The first-order valence-electron chi connectivity index (χ1n) is 9.97. The molecular formula is C22H27FN4O. The Morgan fingerprint density at radius 3 is 2.75 bits per heavy atom. The second-order valence-electron chi connectivity index (χ2n) is 8.08. The number of aromatic nitrogens is 1. The van der Waals surface area contributed by atoms with Crippen molar-refractivity contribution in [2.75, 3.05) is 13.1 Å². The highest BCUT2D eigenvalue weighted by Crippen LogP contribution is 2.52. The lowest BCUT2D eigenvalue weighted by molar-refractivity contribution is 0.109. The predicted molar refractivity (Wildman–Crippen MR) is 106 cm³/mol. The number of urea groups is 1. The Balaban J connectivity index is 1.50. The molecule has 1 aliphatic heterocycles. The summed E-state index contributed by atoms with van der Waals surface area (Å²) in [6.07, 6.45) is 4.43. The van der Waals surface area contributed by atoms with Crippen LogP contribution >= 0.6 is 0 Å². The molecule has 2 heterocycles. The average Bonchev–Trinajstić information content (AvgIpc) is 3.47. The summed E-state index contributed by atoms with van der Waals surface area (Å²) in [7, 11) is 0. The molecule has 0 bridgehead atoms. The Kier molecular flexibility index (Phi) is 5.31. The monoisotopic (exact) mass is 382 g/mol. The van der Waals surface area contributed by atoms with Crippen LogP contribution in [-0.4, -0.2) is 35.0 Å². The highest BCUT2D eigenvalue weighted by atomic mass is 19.1.